The van der Waals surface area contributed by atoms with Crippen LogP contribution in [0.5, 0.6) is 0 Å². The van der Waals surface area contributed by atoms with Crippen LogP contribution in [0.4, 0.5) is 0 Å². The Labute approximate surface area is 290 Å². The fourth-order valence-corrected chi connectivity index (χ4v) is 8.98. The fourth-order valence-electron chi connectivity index (χ4n) is 7.03. The maximum Gasteiger partial charge on any atom is 0.230 e. The van der Waals surface area contributed by atoms with Crippen LogP contribution in [-0.2, 0) is 26.2 Å². The Morgan fingerprint density at radius 2 is 1.74 bits per heavy atom. The van der Waals surface area contributed by atoms with E-state index in [1.54, 1.807) is 7.05 Å². The van der Waals surface area contributed by atoms with Gasteiger partial charge in [-0.3, -0.25) is 4.79 Å². The van der Waals surface area contributed by atoms with Gasteiger partial charge in [0.25, 0.3) is 0 Å². The molecule has 3 aromatic rings. The van der Waals surface area contributed by atoms with Crippen molar-refractivity contribution in [3.8, 4) is 0 Å². The van der Waals surface area contributed by atoms with Gasteiger partial charge in [0.2, 0.25) is 15.9 Å². The maximum absolute atomic E-state index is 15.2. The second-order valence-electron chi connectivity index (χ2n) is 13.2. The van der Waals surface area contributed by atoms with Gasteiger partial charge in [0.05, 0.1) is 23.3 Å². The molecule has 3 aromatic carbocycles. The van der Waals surface area contributed by atoms with Crippen LogP contribution in [0.25, 0.3) is 0 Å². The van der Waals surface area contributed by atoms with E-state index in [2.05, 4.69) is 43.8 Å². The van der Waals surface area contributed by atoms with Crippen molar-refractivity contribution in [3.63, 3.8) is 0 Å². The number of likely N-dealkylation sites (N-methyl/N-ethyl adjacent to an activating group) is 1. The molecular weight excluding hydrogens is 651 g/mol. The molecule has 0 N–H and O–H groups in total. The van der Waals surface area contributed by atoms with Crippen LogP contribution in [0, 0.1) is 12.3 Å². The molecule has 9 heteroatoms. The van der Waals surface area contributed by atoms with Crippen LogP contribution in [0.2, 0.25) is 10.0 Å². The first kappa shape index (κ1) is 35.6. The van der Waals surface area contributed by atoms with Gasteiger partial charge >= 0.3 is 0 Å². The van der Waals surface area contributed by atoms with E-state index in [-0.39, 0.29) is 35.7 Å². The normalized spacial score (nSPS) is 22.4. The van der Waals surface area contributed by atoms with Gasteiger partial charge in [-0.05, 0) is 86.4 Å². The van der Waals surface area contributed by atoms with Crippen molar-refractivity contribution in [2.45, 2.75) is 82.2 Å². The van der Waals surface area contributed by atoms with Crippen LogP contribution in [-0.4, -0.2) is 55.0 Å². The summed E-state index contributed by atoms with van der Waals surface area (Å²) in [7, 11) is -1.80. The second-order valence-corrected chi connectivity index (χ2v) is 16.4. The summed E-state index contributed by atoms with van der Waals surface area (Å²) in [5, 5.41) is 0.897. The van der Waals surface area contributed by atoms with E-state index in [0.717, 1.165) is 16.7 Å². The number of halogens is 2. The van der Waals surface area contributed by atoms with Crippen molar-refractivity contribution < 1.29 is 17.9 Å². The minimum atomic E-state index is -3.45. The second kappa shape index (κ2) is 15.3. The number of ether oxygens (including phenoxy) is 1. The molecule has 1 amide bonds. The number of carbonyl (C=O) groups excluding carboxylic acids is 1. The third-order valence-electron chi connectivity index (χ3n) is 9.83. The largest absolute Gasteiger partial charge is 0.377 e. The Hall–Kier alpha value is -2.68. The topological polar surface area (TPSA) is 66.9 Å². The minimum Gasteiger partial charge on any atom is -0.377 e. The number of carbonyl (C=O) groups is 1. The molecule has 5 rings (SSSR count). The summed E-state index contributed by atoms with van der Waals surface area (Å²) in [6.07, 6.45) is 5.30. The smallest absolute Gasteiger partial charge is 0.230 e. The molecule has 1 heterocycles. The van der Waals surface area contributed by atoms with Crippen LogP contribution < -0.4 is 0 Å². The Balaban J connectivity index is 1.57. The summed E-state index contributed by atoms with van der Waals surface area (Å²) in [6.45, 7) is 9.21. The lowest BCUT2D eigenvalue weighted by Gasteiger charge is -2.53. The van der Waals surface area contributed by atoms with Gasteiger partial charge in [-0.2, -0.15) is 0 Å². The predicted octanol–water partition coefficient (Wildman–Crippen LogP) is 8.73. The molecule has 0 spiro atoms. The fraction of sp³-hybridized carbons (Fsp3) is 0.447. The number of sulfonamides is 1. The zero-order valence-electron chi connectivity index (χ0n) is 27.6. The molecule has 0 radical (unpaired) electrons. The van der Waals surface area contributed by atoms with Crippen molar-refractivity contribution in [3.05, 3.63) is 118 Å². The molecule has 2 aliphatic rings. The summed E-state index contributed by atoms with van der Waals surface area (Å²) in [5.74, 6) is -0.136. The van der Waals surface area contributed by atoms with Gasteiger partial charge in [-0.25, -0.2) is 12.7 Å². The highest BCUT2D eigenvalue weighted by molar-refractivity contribution is 7.90. The Kier molecular flexibility index (Phi) is 11.6. The van der Waals surface area contributed by atoms with E-state index in [9.17, 15) is 8.42 Å². The molecule has 4 atom stereocenters. The lowest BCUT2D eigenvalue weighted by atomic mass is 9.64. The number of piperidine rings is 1. The lowest BCUT2D eigenvalue weighted by molar-refractivity contribution is -0.158. The van der Waals surface area contributed by atoms with E-state index in [0.29, 0.717) is 61.8 Å². The molecule has 1 aliphatic heterocycles. The molecule has 1 saturated carbocycles. The minimum absolute atomic E-state index is 0.00126. The van der Waals surface area contributed by atoms with Gasteiger partial charge in [0.1, 0.15) is 0 Å². The summed E-state index contributed by atoms with van der Waals surface area (Å²) < 4.78 is 34.3. The van der Waals surface area contributed by atoms with E-state index in [4.69, 9.17) is 27.9 Å². The number of amides is 1. The standard InChI is InChI=1S/C38H46Cl2N2O4S/c1-5-20-38(21-22-46-26-28-12-10-27(3)11-13-28)24-35(30-8-7-9-32(40)23-30)36(29-14-16-31(39)17-15-29)42(37(38)43)33(6-2)25-41(4)47(44,45)34-18-19-34/h5,7-17,23,33-36H,1,6,18-22,24-26H2,2-4H3/t33-,35+,36+,38-/m0/s1. The summed E-state index contributed by atoms with van der Waals surface area (Å²) in [5.41, 5.74) is 3.43. The van der Waals surface area contributed by atoms with Crippen molar-refractivity contribution in [2.24, 2.45) is 5.41 Å². The quantitative estimate of drug-likeness (QED) is 0.118. The summed E-state index contributed by atoms with van der Waals surface area (Å²) >= 11 is 12.9. The highest BCUT2D eigenvalue weighted by Gasteiger charge is 2.53. The maximum atomic E-state index is 15.2. The van der Waals surface area contributed by atoms with Crippen LogP contribution in [0.1, 0.15) is 79.7 Å². The van der Waals surface area contributed by atoms with Gasteiger partial charge in [-0.1, -0.05) is 90.3 Å². The van der Waals surface area contributed by atoms with Crippen LogP contribution in [0.3, 0.4) is 0 Å². The predicted molar refractivity (Wildman–Crippen MR) is 191 cm³/mol. The average molecular weight is 698 g/mol. The molecule has 1 aliphatic carbocycles. The van der Waals surface area contributed by atoms with Crippen molar-refractivity contribution in [2.75, 3.05) is 20.2 Å². The first-order chi connectivity index (χ1) is 22.5. The highest BCUT2D eigenvalue weighted by Crippen LogP contribution is 2.54. The van der Waals surface area contributed by atoms with E-state index in [1.807, 2.05) is 60.4 Å². The van der Waals surface area contributed by atoms with Gasteiger partial charge in [-0.15, -0.1) is 6.58 Å². The number of benzene rings is 3. The molecule has 2 fully saturated rings. The van der Waals surface area contributed by atoms with Gasteiger partial charge in [0, 0.05) is 42.2 Å². The van der Waals surface area contributed by atoms with E-state index >= 15 is 4.79 Å². The SMILES string of the molecule is C=CC[C@]1(CCOCc2ccc(C)cc2)C[C@H](c2cccc(Cl)c2)[C@@H](c2ccc(Cl)cc2)N([C@@H](CC)CN(C)S(=O)(=O)C2CC2)C1=O. The number of allylic oxidation sites excluding steroid dienone is 1. The average Bonchev–Trinajstić information content (AvgIpc) is 3.91. The Bertz CT molecular complexity index is 1640. The van der Waals surface area contributed by atoms with Crippen molar-refractivity contribution in [1.82, 2.24) is 9.21 Å². The summed E-state index contributed by atoms with van der Waals surface area (Å²) in [6, 6.07) is 23.0. The number of aryl methyl sites for hydroxylation is 1. The highest BCUT2D eigenvalue weighted by atomic mass is 35.5. The first-order valence-corrected chi connectivity index (χ1v) is 18.8. The Morgan fingerprint density at radius 3 is 2.36 bits per heavy atom. The van der Waals surface area contributed by atoms with Crippen LogP contribution >= 0.6 is 23.2 Å². The molecule has 252 valence electrons. The molecule has 1 saturated heterocycles. The van der Waals surface area contributed by atoms with E-state index in [1.165, 1.54) is 9.87 Å². The van der Waals surface area contributed by atoms with E-state index < -0.39 is 15.4 Å². The third-order valence-corrected chi connectivity index (χ3v) is 12.6. The number of hydrogen-bond donors (Lipinski definition) is 0. The molecule has 6 nitrogen and oxygen atoms in total. The zero-order valence-corrected chi connectivity index (χ0v) is 29.9. The van der Waals surface area contributed by atoms with Gasteiger partial charge < -0.3 is 9.64 Å². The zero-order chi connectivity index (χ0) is 33.8. The number of rotatable bonds is 15. The monoisotopic (exact) mass is 696 g/mol. The number of likely N-dealkylation sites (tertiary alicyclic amines) is 1. The lowest BCUT2D eigenvalue weighted by Crippen LogP contribution is -2.58. The van der Waals surface area contributed by atoms with Crippen molar-refractivity contribution in [1.29, 1.82) is 0 Å². The molecule has 47 heavy (non-hydrogen) atoms. The third kappa shape index (κ3) is 8.14. The molecule has 0 aromatic heterocycles. The van der Waals surface area contributed by atoms with Crippen LogP contribution in [0.15, 0.2) is 85.5 Å². The first-order valence-electron chi connectivity index (χ1n) is 16.5. The number of hydrogen-bond acceptors (Lipinski definition) is 4. The summed E-state index contributed by atoms with van der Waals surface area (Å²) in [4.78, 5) is 17.2. The molecular formula is C38H46Cl2N2O4S. The van der Waals surface area contributed by atoms with Crippen molar-refractivity contribution >= 4 is 39.1 Å². The Morgan fingerprint density at radius 1 is 1.04 bits per heavy atom. The number of nitrogens with zero attached hydrogens (tertiary/aromatic N) is 2. The molecule has 0 unspecified atom stereocenters. The molecule has 0 bridgehead atoms. The van der Waals surface area contributed by atoms with Gasteiger partial charge in [0.15, 0.2) is 0 Å².